The molecule has 0 aliphatic carbocycles. The van der Waals surface area contributed by atoms with Crippen LogP contribution in [0.25, 0.3) is 0 Å². The Labute approximate surface area is 120 Å². The fraction of sp³-hybridized carbons (Fsp3) is 0.0909. The van der Waals surface area contributed by atoms with Gasteiger partial charge in [0, 0.05) is 12.7 Å². The topological polar surface area (TPSA) is 62.0 Å². The summed E-state index contributed by atoms with van der Waals surface area (Å²) in [5.41, 5.74) is 0.930. The molecule has 0 unspecified atom stereocenters. The smallest absolute Gasteiger partial charge is 0.266 e. The average Bonchev–Trinajstić information content (AvgIpc) is 2.75. The Kier molecular flexibility index (Phi) is 4.21. The van der Waals surface area contributed by atoms with Crippen molar-refractivity contribution in [2.75, 3.05) is 0 Å². The molecule has 2 aromatic rings. The van der Waals surface area contributed by atoms with Gasteiger partial charge in [-0.15, -0.1) is 11.3 Å². The van der Waals surface area contributed by atoms with Crippen LogP contribution >= 0.6 is 38.9 Å². The van der Waals surface area contributed by atoms with E-state index in [1.807, 2.05) is 11.4 Å². The molecule has 0 bridgehead atoms. The van der Waals surface area contributed by atoms with Gasteiger partial charge in [-0.3, -0.25) is 9.59 Å². The van der Waals surface area contributed by atoms with E-state index in [4.69, 9.17) is 11.6 Å². The number of carbonyl (C=O) groups is 1. The minimum absolute atomic E-state index is 0.000859. The van der Waals surface area contributed by atoms with Crippen molar-refractivity contribution in [2.24, 2.45) is 0 Å². The monoisotopic (exact) mass is 346 g/mol. The number of carbonyl (C=O) groups excluding carboxylic acids is 1. The third-order valence-electron chi connectivity index (χ3n) is 2.19. The molecule has 0 atom stereocenters. The molecule has 2 rings (SSSR count). The van der Waals surface area contributed by atoms with E-state index >= 15 is 0 Å². The molecule has 0 fully saturated rings. The fourth-order valence-corrected chi connectivity index (χ4v) is 2.69. The summed E-state index contributed by atoms with van der Waals surface area (Å²) >= 11 is 10.6. The largest absolute Gasteiger partial charge is 0.348 e. The number of hydrogen-bond donors (Lipinski definition) is 2. The molecule has 2 aromatic heterocycles. The van der Waals surface area contributed by atoms with E-state index in [0.29, 0.717) is 12.1 Å². The van der Waals surface area contributed by atoms with Crippen LogP contribution in [-0.4, -0.2) is 10.9 Å². The summed E-state index contributed by atoms with van der Waals surface area (Å²) in [6.45, 7) is 0.428. The Bertz CT molecular complexity index is 638. The summed E-state index contributed by atoms with van der Waals surface area (Å²) in [4.78, 5) is 25.2. The highest BCUT2D eigenvalue weighted by molar-refractivity contribution is 9.11. The minimum atomic E-state index is -0.407. The lowest BCUT2D eigenvalue weighted by atomic mass is 10.2. The zero-order valence-corrected chi connectivity index (χ0v) is 12.2. The number of H-pyrrole nitrogens is 1. The van der Waals surface area contributed by atoms with Crippen molar-refractivity contribution in [2.45, 2.75) is 6.54 Å². The molecule has 7 heteroatoms. The maximum Gasteiger partial charge on any atom is 0.266 e. The second-order valence-electron chi connectivity index (χ2n) is 3.51. The van der Waals surface area contributed by atoms with Gasteiger partial charge in [0.15, 0.2) is 0 Å². The van der Waals surface area contributed by atoms with Crippen LogP contribution in [0.3, 0.4) is 0 Å². The van der Waals surface area contributed by atoms with Crippen molar-refractivity contribution in [3.8, 4) is 0 Å². The number of halogens is 2. The average molecular weight is 348 g/mol. The maximum atomic E-state index is 11.8. The predicted octanol–water partition coefficient (Wildman–Crippen LogP) is 2.78. The van der Waals surface area contributed by atoms with Gasteiger partial charge < -0.3 is 10.3 Å². The first-order chi connectivity index (χ1) is 8.56. The predicted molar refractivity (Wildman–Crippen MR) is 75.3 cm³/mol. The Morgan fingerprint density at radius 1 is 1.50 bits per heavy atom. The lowest BCUT2D eigenvalue weighted by Crippen LogP contribution is -2.23. The van der Waals surface area contributed by atoms with Crippen LogP contribution in [0.15, 0.2) is 32.3 Å². The molecule has 0 saturated heterocycles. The summed E-state index contributed by atoms with van der Waals surface area (Å²) in [7, 11) is 0. The molecule has 0 aliphatic heterocycles. The van der Waals surface area contributed by atoms with Gasteiger partial charge in [0.1, 0.15) is 5.02 Å². The van der Waals surface area contributed by atoms with Crippen molar-refractivity contribution in [1.82, 2.24) is 10.3 Å². The second-order valence-corrected chi connectivity index (χ2v) is 6.20. The lowest BCUT2D eigenvalue weighted by molar-refractivity contribution is 0.0950. The van der Waals surface area contributed by atoms with Crippen LogP contribution in [0.2, 0.25) is 5.02 Å². The number of hydrogen-bond acceptors (Lipinski definition) is 3. The van der Waals surface area contributed by atoms with Crippen molar-refractivity contribution in [1.29, 1.82) is 0 Å². The first-order valence-corrected chi connectivity index (χ1v) is 7.00. The second kappa shape index (κ2) is 5.69. The van der Waals surface area contributed by atoms with Crippen molar-refractivity contribution >= 4 is 44.8 Å². The van der Waals surface area contributed by atoms with Gasteiger partial charge in [-0.2, -0.15) is 0 Å². The fourth-order valence-electron chi connectivity index (χ4n) is 1.31. The summed E-state index contributed by atoms with van der Waals surface area (Å²) in [6, 6.07) is 3.28. The number of pyridine rings is 1. The summed E-state index contributed by atoms with van der Waals surface area (Å²) in [5, 5.41) is 4.69. The molecule has 0 radical (unpaired) electrons. The molecule has 0 spiro atoms. The number of rotatable bonds is 3. The highest BCUT2D eigenvalue weighted by Crippen LogP contribution is 2.20. The molecule has 18 heavy (non-hydrogen) atoms. The molecule has 0 saturated carbocycles. The molecule has 2 heterocycles. The van der Waals surface area contributed by atoms with Crippen molar-refractivity contribution < 1.29 is 4.79 Å². The van der Waals surface area contributed by atoms with Crippen LogP contribution < -0.4 is 10.9 Å². The maximum absolute atomic E-state index is 11.8. The SMILES string of the molecule is O=C(NCc1csc(Br)c1)c1c[nH]c(=O)c(Cl)c1. The van der Waals surface area contributed by atoms with E-state index in [9.17, 15) is 9.59 Å². The van der Waals surface area contributed by atoms with Gasteiger partial charge >= 0.3 is 0 Å². The van der Waals surface area contributed by atoms with Crippen LogP contribution in [0, 0.1) is 0 Å². The van der Waals surface area contributed by atoms with Gasteiger partial charge in [0.25, 0.3) is 11.5 Å². The summed E-state index contributed by atoms with van der Waals surface area (Å²) in [5.74, 6) is -0.282. The highest BCUT2D eigenvalue weighted by Gasteiger charge is 2.08. The third-order valence-corrected chi connectivity index (χ3v) is 4.03. The Hall–Kier alpha value is -1.11. The lowest BCUT2D eigenvalue weighted by Gasteiger charge is -2.03. The Morgan fingerprint density at radius 3 is 2.89 bits per heavy atom. The molecular formula is C11H8BrClN2O2S. The van der Waals surface area contributed by atoms with Gasteiger partial charge in [-0.1, -0.05) is 11.6 Å². The Balaban J connectivity index is 2.03. The number of aromatic nitrogens is 1. The molecule has 2 N–H and O–H groups in total. The van der Waals surface area contributed by atoms with E-state index in [1.54, 1.807) is 11.3 Å². The minimum Gasteiger partial charge on any atom is -0.348 e. The van der Waals surface area contributed by atoms with Crippen LogP contribution in [0.4, 0.5) is 0 Å². The molecular weight excluding hydrogens is 340 g/mol. The van der Waals surface area contributed by atoms with Crippen molar-refractivity contribution in [3.63, 3.8) is 0 Å². The van der Waals surface area contributed by atoms with Gasteiger partial charge in [-0.05, 0) is 39.0 Å². The quantitative estimate of drug-likeness (QED) is 0.897. The van der Waals surface area contributed by atoms with E-state index in [1.165, 1.54) is 12.3 Å². The van der Waals surface area contributed by atoms with E-state index < -0.39 is 5.56 Å². The molecule has 0 aromatic carbocycles. The van der Waals surface area contributed by atoms with Gasteiger partial charge in [0.05, 0.1) is 9.35 Å². The molecule has 94 valence electrons. The number of nitrogens with one attached hydrogen (secondary N) is 2. The number of aromatic amines is 1. The summed E-state index contributed by atoms with van der Waals surface area (Å²) < 4.78 is 1.01. The normalized spacial score (nSPS) is 10.3. The zero-order valence-electron chi connectivity index (χ0n) is 9.00. The zero-order chi connectivity index (χ0) is 13.1. The number of amides is 1. The molecule has 4 nitrogen and oxygen atoms in total. The van der Waals surface area contributed by atoms with Gasteiger partial charge in [-0.25, -0.2) is 0 Å². The van der Waals surface area contributed by atoms with E-state index in [2.05, 4.69) is 26.2 Å². The molecule has 1 amide bonds. The van der Waals surface area contributed by atoms with Crippen LogP contribution in [0.1, 0.15) is 15.9 Å². The van der Waals surface area contributed by atoms with E-state index in [0.717, 1.165) is 9.35 Å². The van der Waals surface area contributed by atoms with Crippen molar-refractivity contribution in [3.05, 3.63) is 54.0 Å². The van der Waals surface area contributed by atoms with Crippen LogP contribution in [-0.2, 0) is 6.54 Å². The van der Waals surface area contributed by atoms with E-state index in [-0.39, 0.29) is 10.9 Å². The third kappa shape index (κ3) is 3.22. The Morgan fingerprint density at radius 2 is 2.28 bits per heavy atom. The van der Waals surface area contributed by atoms with Crippen LogP contribution in [0.5, 0.6) is 0 Å². The number of thiophene rings is 1. The highest BCUT2D eigenvalue weighted by atomic mass is 79.9. The first kappa shape index (κ1) is 13.3. The molecule has 0 aliphatic rings. The summed E-state index contributed by atoms with van der Waals surface area (Å²) in [6.07, 6.45) is 1.34. The first-order valence-electron chi connectivity index (χ1n) is 4.95. The standard InChI is InChI=1S/C11H8BrClN2O2S/c12-9-1-6(5-18-9)3-14-10(16)7-2-8(13)11(17)15-4-7/h1-2,4-5H,3H2,(H,14,16)(H,15,17). The van der Waals surface area contributed by atoms with Gasteiger partial charge in [0.2, 0.25) is 0 Å².